The molecule has 0 aliphatic heterocycles. The molecule has 0 unspecified atom stereocenters. The number of fused-ring (bicyclic) bond motifs is 1. The van der Waals surface area contributed by atoms with E-state index >= 15 is 0 Å². The fraction of sp³-hybridized carbons (Fsp3) is 0.111. The Bertz CT molecular complexity index is 1060. The molecule has 1 N–H and O–H groups in total. The van der Waals surface area contributed by atoms with Gasteiger partial charge in [0, 0.05) is 16.5 Å². The number of rotatable bonds is 5. The Kier molecular flexibility index (Phi) is 5.09. The van der Waals surface area contributed by atoms with E-state index in [-0.39, 0.29) is 28.6 Å². The number of anilines is 1. The van der Waals surface area contributed by atoms with Crippen molar-refractivity contribution >= 4 is 45.8 Å². The molecule has 0 aliphatic carbocycles. The summed E-state index contributed by atoms with van der Waals surface area (Å²) >= 11 is 5.87. The third-order valence-electron chi connectivity index (χ3n) is 3.69. The highest BCUT2D eigenvalue weighted by Crippen LogP contribution is 2.33. The molecule has 1 heterocycles. The van der Waals surface area contributed by atoms with Gasteiger partial charge in [-0.25, -0.2) is 4.79 Å². The van der Waals surface area contributed by atoms with Gasteiger partial charge in [0.25, 0.3) is 11.6 Å². The van der Waals surface area contributed by atoms with Crippen molar-refractivity contribution in [3.63, 3.8) is 0 Å². The number of esters is 1. The van der Waals surface area contributed by atoms with Crippen LogP contribution in [0.15, 0.2) is 46.9 Å². The first-order valence-corrected chi connectivity index (χ1v) is 8.24. The van der Waals surface area contributed by atoms with Gasteiger partial charge in [0.15, 0.2) is 0 Å². The van der Waals surface area contributed by atoms with Crippen molar-refractivity contribution in [2.75, 3.05) is 11.9 Å². The average molecular weight is 389 g/mol. The van der Waals surface area contributed by atoms with E-state index in [4.69, 9.17) is 20.8 Å². The van der Waals surface area contributed by atoms with Crippen molar-refractivity contribution in [3.8, 4) is 0 Å². The summed E-state index contributed by atoms with van der Waals surface area (Å²) in [5.41, 5.74) is -0.227. The van der Waals surface area contributed by atoms with Crippen LogP contribution >= 0.6 is 11.6 Å². The zero-order chi connectivity index (χ0) is 19.6. The number of benzene rings is 2. The molecule has 3 aromatic rings. The fourth-order valence-electron chi connectivity index (χ4n) is 2.54. The van der Waals surface area contributed by atoms with Crippen LogP contribution in [-0.2, 0) is 4.74 Å². The number of carbonyl (C=O) groups excluding carboxylic acids is 2. The van der Waals surface area contributed by atoms with Crippen molar-refractivity contribution < 1.29 is 23.7 Å². The number of ether oxygens (including phenoxy) is 1. The first kappa shape index (κ1) is 18.4. The third kappa shape index (κ3) is 3.61. The van der Waals surface area contributed by atoms with Crippen molar-refractivity contribution in [3.05, 3.63) is 68.9 Å². The van der Waals surface area contributed by atoms with Gasteiger partial charge in [-0.3, -0.25) is 14.9 Å². The number of furan rings is 1. The minimum Gasteiger partial charge on any atom is -0.460 e. The number of para-hydroxylation sites is 1. The molecule has 138 valence electrons. The zero-order valence-corrected chi connectivity index (χ0v) is 14.8. The van der Waals surface area contributed by atoms with Gasteiger partial charge >= 0.3 is 5.97 Å². The van der Waals surface area contributed by atoms with Gasteiger partial charge in [-0.15, -0.1) is 0 Å². The predicted octanol–water partition coefficient (Wildman–Crippen LogP) is 4.42. The lowest BCUT2D eigenvalue weighted by Gasteiger charge is -2.07. The summed E-state index contributed by atoms with van der Waals surface area (Å²) in [6.07, 6.45) is 0. The molecule has 1 amide bonds. The summed E-state index contributed by atoms with van der Waals surface area (Å²) in [6.45, 7) is 1.75. The number of nitro groups is 1. The molecular formula is C18H13ClN2O6. The molecule has 2 aromatic carbocycles. The molecule has 0 fully saturated rings. The molecule has 8 nitrogen and oxygen atoms in total. The highest BCUT2D eigenvalue weighted by molar-refractivity contribution is 6.31. The SMILES string of the molecule is CCOC(=O)c1oc2ccccc2c1NC(=O)c1cc(Cl)ccc1[N+](=O)[O-]. The number of halogens is 1. The Morgan fingerprint density at radius 2 is 2.00 bits per heavy atom. The van der Waals surface area contributed by atoms with E-state index in [0.717, 1.165) is 6.07 Å². The number of nitrogens with one attached hydrogen (secondary N) is 1. The molecule has 0 aliphatic rings. The molecule has 0 radical (unpaired) electrons. The second-order valence-electron chi connectivity index (χ2n) is 5.40. The van der Waals surface area contributed by atoms with Crippen LogP contribution in [0.1, 0.15) is 27.8 Å². The highest BCUT2D eigenvalue weighted by atomic mass is 35.5. The maximum Gasteiger partial charge on any atom is 0.376 e. The van der Waals surface area contributed by atoms with E-state index in [2.05, 4.69) is 5.32 Å². The Balaban J connectivity index is 2.08. The van der Waals surface area contributed by atoms with E-state index in [0.29, 0.717) is 11.0 Å². The van der Waals surface area contributed by atoms with Crippen LogP contribution in [0.25, 0.3) is 11.0 Å². The second-order valence-corrected chi connectivity index (χ2v) is 5.83. The van der Waals surface area contributed by atoms with Crippen LogP contribution in [-0.4, -0.2) is 23.4 Å². The smallest absolute Gasteiger partial charge is 0.376 e. The number of carbonyl (C=O) groups is 2. The fourth-order valence-corrected chi connectivity index (χ4v) is 2.71. The lowest BCUT2D eigenvalue weighted by Crippen LogP contribution is -2.16. The number of nitrogens with zero attached hydrogens (tertiary/aromatic N) is 1. The van der Waals surface area contributed by atoms with Gasteiger partial charge in [0.2, 0.25) is 5.76 Å². The monoisotopic (exact) mass is 388 g/mol. The van der Waals surface area contributed by atoms with Crippen LogP contribution in [0.5, 0.6) is 0 Å². The molecule has 27 heavy (non-hydrogen) atoms. The maximum atomic E-state index is 12.7. The molecule has 0 saturated carbocycles. The van der Waals surface area contributed by atoms with Crippen LogP contribution < -0.4 is 5.32 Å². The van der Waals surface area contributed by atoms with Gasteiger partial charge in [0.1, 0.15) is 16.8 Å². The van der Waals surface area contributed by atoms with Gasteiger partial charge in [-0.2, -0.15) is 0 Å². The Labute approximate surface area is 157 Å². The first-order valence-electron chi connectivity index (χ1n) is 7.86. The van der Waals surface area contributed by atoms with E-state index in [9.17, 15) is 19.7 Å². The first-order chi connectivity index (χ1) is 12.9. The number of amides is 1. The molecule has 0 spiro atoms. The van der Waals surface area contributed by atoms with Crippen LogP contribution in [0, 0.1) is 10.1 Å². The van der Waals surface area contributed by atoms with E-state index in [1.165, 1.54) is 12.1 Å². The minimum atomic E-state index is -0.804. The quantitative estimate of drug-likeness (QED) is 0.393. The summed E-state index contributed by atoms with van der Waals surface area (Å²) in [6, 6.07) is 10.3. The number of hydrogen-bond acceptors (Lipinski definition) is 6. The van der Waals surface area contributed by atoms with Gasteiger partial charge in [-0.05, 0) is 31.2 Å². The Hall–Kier alpha value is -3.39. The summed E-state index contributed by atoms with van der Waals surface area (Å²) in [5.74, 6) is -1.76. The summed E-state index contributed by atoms with van der Waals surface area (Å²) in [7, 11) is 0. The van der Waals surface area contributed by atoms with Crippen LogP contribution in [0.3, 0.4) is 0 Å². The number of nitro benzene ring substituents is 1. The van der Waals surface area contributed by atoms with Crippen molar-refractivity contribution in [1.29, 1.82) is 0 Å². The lowest BCUT2D eigenvalue weighted by molar-refractivity contribution is -0.385. The molecule has 0 saturated heterocycles. The molecular weight excluding hydrogens is 376 g/mol. The van der Waals surface area contributed by atoms with Crippen LogP contribution in [0.2, 0.25) is 5.02 Å². The normalized spacial score (nSPS) is 10.6. The van der Waals surface area contributed by atoms with Gasteiger partial charge < -0.3 is 14.5 Å². The maximum absolute atomic E-state index is 12.7. The Morgan fingerprint density at radius 3 is 2.70 bits per heavy atom. The topological polar surface area (TPSA) is 112 Å². The Morgan fingerprint density at radius 1 is 1.26 bits per heavy atom. The van der Waals surface area contributed by atoms with Crippen molar-refractivity contribution in [1.82, 2.24) is 0 Å². The van der Waals surface area contributed by atoms with Gasteiger partial charge in [-0.1, -0.05) is 23.7 Å². The summed E-state index contributed by atoms with van der Waals surface area (Å²) in [4.78, 5) is 35.4. The van der Waals surface area contributed by atoms with Crippen molar-refractivity contribution in [2.45, 2.75) is 6.92 Å². The number of hydrogen-bond donors (Lipinski definition) is 1. The molecule has 3 rings (SSSR count). The molecule has 0 atom stereocenters. The predicted molar refractivity (Wildman–Crippen MR) is 98.2 cm³/mol. The van der Waals surface area contributed by atoms with E-state index in [1.807, 2.05) is 0 Å². The minimum absolute atomic E-state index is 0.0725. The van der Waals surface area contributed by atoms with Crippen LogP contribution in [0.4, 0.5) is 11.4 Å². The van der Waals surface area contributed by atoms with E-state index < -0.39 is 22.5 Å². The zero-order valence-electron chi connectivity index (χ0n) is 14.0. The standard InChI is InChI=1S/C18H13ClN2O6/c1-2-26-18(23)16-15(11-5-3-4-6-14(11)27-16)20-17(22)12-9-10(19)7-8-13(12)21(24)25/h3-9H,2H2,1H3,(H,20,22). The summed E-state index contributed by atoms with van der Waals surface area (Å²) in [5, 5.41) is 14.3. The largest absolute Gasteiger partial charge is 0.460 e. The second kappa shape index (κ2) is 7.46. The highest BCUT2D eigenvalue weighted by Gasteiger charge is 2.26. The van der Waals surface area contributed by atoms with E-state index in [1.54, 1.807) is 31.2 Å². The van der Waals surface area contributed by atoms with Crippen molar-refractivity contribution in [2.24, 2.45) is 0 Å². The molecule has 1 aromatic heterocycles. The lowest BCUT2D eigenvalue weighted by atomic mass is 10.1. The molecule has 9 heteroatoms. The summed E-state index contributed by atoms with van der Waals surface area (Å²) < 4.78 is 10.5. The average Bonchev–Trinajstić information content (AvgIpc) is 3.00. The van der Waals surface area contributed by atoms with Gasteiger partial charge in [0.05, 0.1) is 11.5 Å². The molecule has 0 bridgehead atoms. The third-order valence-corrected chi connectivity index (χ3v) is 3.93.